The summed E-state index contributed by atoms with van der Waals surface area (Å²) in [5, 5.41) is 0. The van der Waals surface area contributed by atoms with Gasteiger partial charge in [-0.25, -0.2) is 0 Å². The van der Waals surface area contributed by atoms with E-state index in [0.717, 1.165) is 50.6 Å². The maximum atomic E-state index is 6.17. The molecule has 0 saturated heterocycles. The predicted molar refractivity (Wildman–Crippen MR) is 155 cm³/mol. The van der Waals surface area contributed by atoms with Gasteiger partial charge < -0.3 is 14.2 Å². The van der Waals surface area contributed by atoms with E-state index in [4.69, 9.17) is 14.2 Å². The van der Waals surface area contributed by atoms with Gasteiger partial charge in [-0.2, -0.15) is 0 Å². The van der Waals surface area contributed by atoms with E-state index >= 15 is 0 Å². The number of ether oxygens (including phenoxy) is 3. The van der Waals surface area contributed by atoms with Crippen molar-refractivity contribution in [1.82, 2.24) is 0 Å². The number of hydrogen-bond donors (Lipinski definition) is 0. The van der Waals surface area contributed by atoms with Crippen LogP contribution in [0.2, 0.25) is 0 Å². The first-order valence-corrected chi connectivity index (χ1v) is 12.7. The zero-order valence-electron chi connectivity index (χ0n) is 21.4. The summed E-state index contributed by atoms with van der Waals surface area (Å²) in [4.78, 5) is 0. The van der Waals surface area contributed by atoms with E-state index in [1.807, 2.05) is 66.7 Å². The van der Waals surface area contributed by atoms with E-state index in [0.29, 0.717) is 13.2 Å². The Kier molecular flexibility index (Phi) is 8.17. The standard InChI is InChI=1S/C35H30O3/c1-36-32-17-10-16-31(23-32)35-18-9-8-15-30(35)20-19-29-21-33(37-25-27-11-4-2-5-12-27)24-34(22-29)38-26-28-13-6-3-7-14-28/h2-24H,25-26H2,1H3. The molecular formula is C35H30O3. The fourth-order valence-corrected chi connectivity index (χ4v) is 4.22. The molecule has 3 heteroatoms. The van der Waals surface area contributed by atoms with Gasteiger partial charge in [-0.1, -0.05) is 109 Å². The van der Waals surface area contributed by atoms with Crippen LogP contribution in [0.3, 0.4) is 0 Å². The summed E-state index contributed by atoms with van der Waals surface area (Å²) in [5.41, 5.74) is 6.60. The van der Waals surface area contributed by atoms with Gasteiger partial charge in [-0.3, -0.25) is 0 Å². The van der Waals surface area contributed by atoms with Crippen molar-refractivity contribution in [3.8, 4) is 28.4 Å². The molecular weight excluding hydrogens is 468 g/mol. The minimum Gasteiger partial charge on any atom is -0.497 e. The van der Waals surface area contributed by atoms with Gasteiger partial charge >= 0.3 is 0 Å². The van der Waals surface area contributed by atoms with Gasteiger partial charge in [0, 0.05) is 6.07 Å². The van der Waals surface area contributed by atoms with E-state index < -0.39 is 0 Å². The second-order valence-corrected chi connectivity index (χ2v) is 8.94. The average Bonchev–Trinajstić information content (AvgIpc) is 2.99. The van der Waals surface area contributed by atoms with Gasteiger partial charge in [0.15, 0.2) is 0 Å². The zero-order valence-corrected chi connectivity index (χ0v) is 21.4. The third-order valence-electron chi connectivity index (χ3n) is 6.20. The van der Waals surface area contributed by atoms with Crippen LogP contribution >= 0.6 is 0 Å². The summed E-state index contributed by atoms with van der Waals surface area (Å²) < 4.78 is 17.8. The lowest BCUT2D eigenvalue weighted by Gasteiger charge is -2.12. The van der Waals surface area contributed by atoms with Crippen LogP contribution in [0.25, 0.3) is 23.3 Å². The minimum absolute atomic E-state index is 0.491. The Labute approximate surface area is 224 Å². The molecule has 0 spiro atoms. The molecule has 0 heterocycles. The molecule has 0 saturated carbocycles. The summed E-state index contributed by atoms with van der Waals surface area (Å²) in [6.45, 7) is 0.982. The Hall–Kier alpha value is -4.76. The fraction of sp³-hybridized carbons (Fsp3) is 0.0857. The van der Waals surface area contributed by atoms with Crippen LogP contribution in [-0.4, -0.2) is 7.11 Å². The number of methoxy groups -OCH3 is 1. The Bertz CT molecular complexity index is 1430. The molecule has 3 nitrogen and oxygen atoms in total. The number of benzene rings is 5. The van der Waals surface area contributed by atoms with E-state index in [9.17, 15) is 0 Å². The topological polar surface area (TPSA) is 27.7 Å². The first-order valence-electron chi connectivity index (χ1n) is 12.7. The molecule has 5 aromatic rings. The highest BCUT2D eigenvalue weighted by atomic mass is 16.5. The molecule has 0 bridgehead atoms. The largest absolute Gasteiger partial charge is 0.497 e. The lowest BCUT2D eigenvalue weighted by atomic mass is 9.98. The smallest absolute Gasteiger partial charge is 0.124 e. The van der Waals surface area contributed by atoms with Crippen molar-refractivity contribution in [2.45, 2.75) is 13.2 Å². The fourth-order valence-electron chi connectivity index (χ4n) is 4.22. The molecule has 0 radical (unpaired) electrons. The van der Waals surface area contributed by atoms with E-state index in [2.05, 4.69) is 72.8 Å². The van der Waals surface area contributed by atoms with Crippen LogP contribution in [0, 0.1) is 0 Å². The third kappa shape index (κ3) is 6.71. The van der Waals surface area contributed by atoms with Crippen molar-refractivity contribution in [2.75, 3.05) is 7.11 Å². The zero-order chi connectivity index (χ0) is 26.0. The average molecular weight is 499 g/mol. The first-order chi connectivity index (χ1) is 18.8. The maximum Gasteiger partial charge on any atom is 0.124 e. The molecule has 0 atom stereocenters. The van der Waals surface area contributed by atoms with Crippen LogP contribution in [0.15, 0.2) is 127 Å². The van der Waals surface area contributed by atoms with Crippen LogP contribution < -0.4 is 14.2 Å². The van der Waals surface area contributed by atoms with E-state index in [1.165, 1.54) is 0 Å². The van der Waals surface area contributed by atoms with Gasteiger partial charge in [0.2, 0.25) is 0 Å². The molecule has 0 aromatic heterocycles. The molecule has 0 amide bonds. The molecule has 188 valence electrons. The summed E-state index contributed by atoms with van der Waals surface area (Å²) in [7, 11) is 1.69. The van der Waals surface area contributed by atoms with Crippen LogP contribution in [0.1, 0.15) is 22.3 Å². The second-order valence-electron chi connectivity index (χ2n) is 8.94. The Morgan fingerprint density at radius 3 is 1.76 bits per heavy atom. The predicted octanol–water partition coefficient (Wildman–Crippen LogP) is 8.69. The summed E-state index contributed by atoms with van der Waals surface area (Å²) >= 11 is 0. The number of hydrogen-bond acceptors (Lipinski definition) is 3. The molecule has 5 aromatic carbocycles. The first kappa shape index (κ1) is 24.9. The molecule has 0 N–H and O–H groups in total. The normalized spacial score (nSPS) is 10.9. The van der Waals surface area contributed by atoms with Gasteiger partial charge in [0.25, 0.3) is 0 Å². The molecule has 0 aliphatic heterocycles. The van der Waals surface area contributed by atoms with Crippen molar-refractivity contribution in [3.05, 3.63) is 150 Å². The van der Waals surface area contributed by atoms with Crippen LogP contribution in [0.5, 0.6) is 17.2 Å². The van der Waals surface area contributed by atoms with Gasteiger partial charge in [-0.15, -0.1) is 0 Å². The van der Waals surface area contributed by atoms with Gasteiger partial charge in [0.1, 0.15) is 30.5 Å². The lowest BCUT2D eigenvalue weighted by Crippen LogP contribution is -1.98. The molecule has 38 heavy (non-hydrogen) atoms. The second kappa shape index (κ2) is 12.5. The van der Waals surface area contributed by atoms with Crippen LogP contribution in [0.4, 0.5) is 0 Å². The molecule has 0 unspecified atom stereocenters. The quantitative estimate of drug-likeness (QED) is 0.180. The van der Waals surface area contributed by atoms with Gasteiger partial charge in [-0.05, 0) is 57.6 Å². The molecule has 0 aliphatic rings. The summed E-state index contributed by atoms with van der Waals surface area (Å²) in [6.07, 6.45) is 4.23. The monoisotopic (exact) mass is 498 g/mol. The van der Waals surface area contributed by atoms with Crippen molar-refractivity contribution < 1.29 is 14.2 Å². The number of rotatable bonds is 10. The highest BCUT2D eigenvalue weighted by Gasteiger charge is 2.06. The Morgan fingerprint density at radius 2 is 1.13 bits per heavy atom. The minimum atomic E-state index is 0.491. The lowest BCUT2D eigenvalue weighted by molar-refractivity contribution is 0.290. The Balaban J connectivity index is 1.42. The van der Waals surface area contributed by atoms with Crippen molar-refractivity contribution in [2.24, 2.45) is 0 Å². The highest BCUT2D eigenvalue weighted by Crippen LogP contribution is 2.30. The molecule has 0 aliphatic carbocycles. The van der Waals surface area contributed by atoms with Crippen molar-refractivity contribution in [1.29, 1.82) is 0 Å². The Morgan fingerprint density at radius 1 is 0.526 bits per heavy atom. The van der Waals surface area contributed by atoms with Crippen molar-refractivity contribution in [3.63, 3.8) is 0 Å². The van der Waals surface area contributed by atoms with Crippen LogP contribution in [-0.2, 0) is 13.2 Å². The van der Waals surface area contributed by atoms with E-state index in [-0.39, 0.29) is 0 Å². The van der Waals surface area contributed by atoms with E-state index in [1.54, 1.807) is 7.11 Å². The summed E-state index contributed by atoms with van der Waals surface area (Å²) in [5.74, 6) is 2.37. The third-order valence-corrected chi connectivity index (χ3v) is 6.20. The SMILES string of the molecule is COc1cccc(-c2ccccc2C=Cc2cc(OCc3ccccc3)cc(OCc3ccccc3)c2)c1. The molecule has 5 rings (SSSR count). The van der Waals surface area contributed by atoms with Crippen molar-refractivity contribution >= 4 is 12.2 Å². The maximum absolute atomic E-state index is 6.17. The van der Waals surface area contributed by atoms with Gasteiger partial charge in [0.05, 0.1) is 7.11 Å². The summed E-state index contributed by atoms with van der Waals surface area (Å²) in [6, 6.07) is 42.9. The molecule has 0 fully saturated rings. The highest BCUT2D eigenvalue weighted by molar-refractivity contribution is 5.81.